The number of Topliss-reactive ketones (excluding diaryl/α,β-unsaturated/α-hetero) is 1. The fourth-order valence-electron chi connectivity index (χ4n) is 2.02. The Bertz CT molecular complexity index is 374. The topological polar surface area (TPSA) is 83.1 Å². The maximum atomic E-state index is 11.6. The van der Waals surface area contributed by atoms with Crippen LogP contribution in [0.1, 0.15) is 39.0 Å². The molecule has 0 saturated heterocycles. The number of ketones is 1. The molecule has 9 heteroatoms. The van der Waals surface area contributed by atoms with Crippen molar-refractivity contribution in [2.24, 2.45) is 0 Å². The van der Waals surface area contributed by atoms with Crippen LogP contribution in [0.25, 0.3) is 0 Å². The number of carbonyl (C=O) groups excluding carboxylic acids is 2. The minimum absolute atomic E-state index is 0.0331. The first-order valence-corrected chi connectivity index (χ1v) is 12.5. The zero-order chi connectivity index (χ0) is 20.7. The van der Waals surface area contributed by atoms with Gasteiger partial charge in [-0.25, -0.2) is 0 Å². The van der Waals surface area contributed by atoms with Crippen LogP contribution in [0.15, 0.2) is 0 Å². The first kappa shape index (κ1) is 27.7. The third-order valence-electron chi connectivity index (χ3n) is 3.50. The molecule has 0 fully saturated rings. The minimum atomic E-state index is 0.0331. The van der Waals surface area contributed by atoms with E-state index in [-0.39, 0.29) is 5.91 Å². The Hall–Kier alpha value is -0.320. The van der Waals surface area contributed by atoms with Crippen LogP contribution in [0, 0.1) is 0 Å². The summed E-state index contributed by atoms with van der Waals surface area (Å²) < 4.78 is 21.6. The van der Waals surface area contributed by atoms with Gasteiger partial charge >= 0.3 is 0 Å². The average Bonchev–Trinajstić information content (AvgIpc) is 2.70. The van der Waals surface area contributed by atoms with Gasteiger partial charge in [-0.05, 0) is 12.8 Å². The molecule has 0 saturated carbocycles. The van der Waals surface area contributed by atoms with Crippen LogP contribution in [0.3, 0.4) is 0 Å². The first-order valence-electron chi connectivity index (χ1n) is 9.98. The van der Waals surface area contributed by atoms with Gasteiger partial charge in [-0.15, -0.1) is 0 Å². The summed E-state index contributed by atoms with van der Waals surface area (Å²) in [6.45, 7) is 6.41. The molecule has 1 amide bonds. The fraction of sp³-hybridized carbons (Fsp3) is 0.895. The lowest BCUT2D eigenvalue weighted by molar-refractivity contribution is -0.121. The van der Waals surface area contributed by atoms with E-state index in [0.717, 1.165) is 17.9 Å². The summed E-state index contributed by atoms with van der Waals surface area (Å²) in [7, 11) is 5.19. The van der Waals surface area contributed by atoms with Gasteiger partial charge in [-0.1, -0.05) is 28.5 Å². The molecule has 0 bridgehead atoms. The van der Waals surface area contributed by atoms with Gasteiger partial charge in [0.25, 0.3) is 0 Å². The van der Waals surface area contributed by atoms with Crippen molar-refractivity contribution in [1.29, 1.82) is 0 Å². The SMILES string of the molecule is CCSSCCC(=O)CCCOCCOCCOCCOCCCC(=O)NC. The summed E-state index contributed by atoms with van der Waals surface area (Å²) in [5, 5.41) is 2.57. The predicted octanol–water partition coefficient (Wildman–Crippen LogP) is 2.72. The van der Waals surface area contributed by atoms with Crippen LogP contribution in [-0.2, 0) is 28.5 Å². The molecule has 0 aromatic rings. The summed E-state index contributed by atoms with van der Waals surface area (Å²) in [6.07, 6.45) is 3.23. The normalized spacial score (nSPS) is 10.9. The van der Waals surface area contributed by atoms with E-state index in [2.05, 4.69) is 12.2 Å². The van der Waals surface area contributed by atoms with Crippen LogP contribution < -0.4 is 5.32 Å². The molecular formula is C19H37NO6S2. The van der Waals surface area contributed by atoms with E-state index in [1.165, 1.54) is 0 Å². The lowest BCUT2D eigenvalue weighted by atomic mass is 10.2. The smallest absolute Gasteiger partial charge is 0.219 e. The molecule has 0 aliphatic carbocycles. The lowest BCUT2D eigenvalue weighted by Gasteiger charge is -2.07. The lowest BCUT2D eigenvalue weighted by Crippen LogP contribution is -2.18. The monoisotopic (exact) mass is 439 g/mol. The van der Waals surface area contributed by atoms with Crippen LogP contribution in [0.4, 0.5) is 0 Å². The van der Waals surface area contributed by atoms with Crippen molar-refractivity contribution < 1.29 is 28.5 Å². The van der Waals surface area contributed by atoms with E-state index in [1.54, 1.807) is 28.6 Å². The number of rotatable bonds is 22. The summed E-state index contributed by atoms with van der Waals surface area (Å²) in [6, 6.07) is 0. The third-order valence-corrected chi connectivity index (χ3v) is 5.98. The van der Waals surface area contributed by atoms with Crippen molar-refractivity contribution in [3.05, 3.63) is 0 Å². The summed E-state index contributed by atoms with van der Waals surface area (Å²) in [5.74, 6) is 2.33. The molecular weight excluding hydrogens is 402 g/mol. The van der Waals surface area contributed by atoms with Crippen molar-refractivity contribution in [3.8, 4) is 0 Å². The predicted molar refractivity (Wildman–Crippen MR) is 116 cm³/mol. The highest BCUT2D eigenvalue weighted by Gasteiger charge is 2.02. The zero-order valence-corrected chi connectivity index (χ0v) is 19.0. The molecule has 166 valence electrons. The van der Waals surface area contributed by atoms with Crippen molar-refractivity contribution >= 4 is 33.3 Å². The van der Waals surface area contributed by atoms with Crippen LogP contribution in [-0.4, -0.2) is 83.1 Å². The number of nitrogens with one attached hydrogen (secondary N) is 1. The highest BCUT2D eigenvalue weighted by molar-refractivity contribution is 8.76. The molecule has 0 aliphatic rings. The van der Waals surface area contributed by atoms with Gasteiger partial charge < -0.3 is 24.3 Å². The number of carbonyl (C=O) groups is 2. The molecule has 28 heavy (non-hydrogen) atoms. The third kappa shape index (κ3) is 22.0. The van der Waals surface area contributed by atoms with Crippen molar-refractivity contribution in [1.82, 2.24) is 5.32 Å². The molecule has 0 spiro atoms. The standard InChI is InChI=1S/C19H37NO6S2/c1-3-27-28-17-8-18(21)6-4-9-23-11-13-25-15-16-26-14-12-24-10-5-7-19(22)20-2/h3-17H2,1-2H3,(H,20,22). The van der Waals surface area contributed by atoms with E-state index in [9.17, 15) is 9.59 Å². The molecule has 0 unspecified atom stereocenters. The second-order valence-electron chi connectivity index (χ2n) is 5.85. The molecule has 0 radical (unpaired) electrons. The van der Waals surface area contributed by atoms with Gasteiger partial charge in [0.05, 0.1) is 39.6 Å². The number of amides is 1. The van der Waals surface area contributed by atoms with Crippen LogP contribution >= 0.6 is 21.6 Å². The van der Waals surface area contributed by atoms with E-state index < -0.39 is 0 Å². The first-order chi connectivity index (χ1) is 13.7. The summed E-state index contributed by atoms with van der Waals surface area (Å²) in [5.41, 5.74) is 0. The molecule has 0 rings (SSSR count). The molecule has 1 N–H and O–H groups in total. The maximum absolute atomic E-state index is 11.6. The number of hydrogen-bond acceptors (Lipinski definition) is 8. The average molecular weight is 440 g/mol. The largest absolute Gasteiger partial charge is 0.379 e. The second kappa shape index (κ2) is 23.0. The highest BCUT2D eigenvalue weighted by Crippen LogP contribution is 2.21. The quantitative estimate of drug-likeness (QED) is 0.204. The van der Waals surface area contributed by atoms with E-state index >= 15 is 0 Å². The van der Waals surface area contributed by atoms with Crippen LogP contribution in [0.2, 0.25) is 0 Å². The van der Waals surface area contributed by atoms with Crippen LogP contribution in [0.5, 0.6) is 0 Å². The van der Waals surface area contributed by atoms with Gasteiger partial charge in [0.1, 0.15) is 5.78 Å². The molecule has 0 heterocycles. The van der Waals surface area contributed by atoms with Gasteiger partial charge in [-0.3, -0.25) is 9.59 Å². The number of ether oxygens (including phenoxy) is 4. The van der Waals surface area contributed by atoms with Gasteiger partial charge in [-0.2, -0.15) is 0 Å². The molecule has 0 aromatic carbocycles. The van der Waals surface area contributed by atoms with E-state index in [1.807, 2.05) is 0 Å². The fourth-order valence-corrected chi connectivity index (χ4v) is 3.71. The minimum Gasteiger partial charge on any atom is -0.379 e. The van der Waals surface area contributed by atoms with Crippen molar-refractivity contribution in [2.75, 3.05) is 71.4 Å². The summed E-state index contributed by atoms with van der Waals surface area (Å²) in [4.78, 5) is 22.6. The Labute approximate surface area is 177 Å². The molecule has 0 aliphatic heterocycles. The Kier molecular flexibility index (Phi) is 22.7. The highest BCUT2D eigenvalue weighted by atomic mass is 33.1. The van der Waals surface area contributed by atoms with Crippen molar-refractivity contribution in [3.63, 3.8) is 0 Å². The van der Waals surface area contributed by atoms with Gasteiger partial charge in [0.15, 0.2) is 0 Å². The van der Waals surface area contributed by atoms with E-state index in [4.69, 9.17) is 18.9 Å². The Morgan fingerprint density at radius 3 is 1.71 bits per heavy atom. The zero-order valence-electron chi connectivity index (χ0n) is 17.4. The van der Waals surface area contributed by atoms with E-state index in [0.29, 0.717) is 84.3 Å². The van der Waals surface area contributed by atoms with Gasteiger partial charge in [0.2, 0.25) is 5.91 Å². The Morgan fingerprint density at radius 2 is 1.21 bits per heavy atom. The van der Waals surface area contributed by atoms with Gasteiger partial charge in [0, 0.05) is 51.0 Å². The number of hydrogen-bond donors (Lipinski definition) is 1. The Morgan fingerprint density at radius 1 is 0.714 bits per heavy atom. The molecule has 0 atom stereocenters. The maximum Gasteiger partial charge on any atom is 0.219 e. The molecule has 0 aromatic heterocycles. The second-order valence-corrected chi connectivity index (χ2v) is 8.72. The Balaban J connectivity index is 3.12. The van der Waals surface area contributed by atoms with Crippen molar-refractivity contribution in [2.45, 2.75) is 39.0 Å². The summed E-state index contributed by atoms with van der Waals surface area (Å²) >= 11 is 0. The molecule has 7 nitrogen and oxygen atoms in total.